The number of hydrogen-bond acceptors (Lipinski definition) is 11. The fraction of sp³-hybridized carbons (Fsp3) is 0.447. The highest BCUT2D eigenvalue weighted by Crippen LogP contribution is 2.55. The third-order valence-corrected chi connectivity index (χ3v) is 15.8. The van der Waals surface area contributed by atoms with Crippen LogP contribution < -0.4 is 19.7 Å². The number of ether oxygens (including phenoxy) is 2. The maximum absolute atomic E-state index is 14.0. The number of fused-ring (bicyclic) bond motifs is 1. The standard InChI is InChI=1S/C47H52ClN7O7S/c48-39-4-1-3-37(44(39)31-6-7-31)41-5-2-18-54(41)34-26-47(27-34)15-19-53(20-16-47)33-8-10-38(43(24-33)62-35-23-32-12-17-49-45(32)51-29-35)46(56)52-63(59,60)36-9-11-40(42(25-36)55(57)58)50-28-30-13-21-61-22-14-30/h1,3-4,8-12,17,23-25,29-31,34,41,50H,2,5-7,13-16,18-22,26-28H2,(H,49,51)(H,52,56)/t41-/m0/s1. The first-order valence-electron chi connectivity index (χ1n) is 22.2. The van der Waals surface area contributed by atoms with Gasteiger partial charge in [-0.05, 0) is 142 Å². The molecular formula is C47H52ClN7O7S. The van der Waals surface area contributed by atoms with Crippen LogP contribution in [0.25, 0.3) is 11.0 Å². The SMILES string of the molecule is O=C(NS(=O)(=O)c1ccc(NCC2CCOCC2)c([N+](=O)[O-])c1)c1ccc(N2CCC3(CC2)CC(N2CCC[C@H]2c2cccc(Cl)c2C2CC2)C3)cc1Oc1cnc2[nH]ccc2c1. The maximum atomic E-state index is 14.0. The molecule has 3 aliphatic heterocycles. The number of aromatic amines is 1. The quantitative estimate of drug-likeness (QED) is 0.0760. The third kappa shape index (κ3) is 8.60. The topological polar surface area (TPSA) is 172 Å². The van der Waals surface area contributed by atoms with Crippen molar-refractivity contribution in [2.24, 2.45) is 11.3 Å². The molecule has 1 spiro atoms. The number of aromatic nitrogens is 2. The number of nitro benzene ring substituents is 1. The molecule has 10 rings (SSSR count). The molecule has 3 aromatic carbocycles. The van der Waals surface area contributed by atoms with E-state index in [1.165, 1.54) is 61.8 Å². The second-order valence-corrected chi connectivity index (χ2v) is 20.2. The van der Waals surface area contributed by atoms with Gasteiger partial charge in [-0.15, -0.1) is 0 Å². The summed E-state index contributed by atoms with van der Waals surface area (Å²) >= 11 is 6.78. The van der Waals surface area contributed by atoms with Gasteiger partial charge in [0.25, 0.3) is 21.6 Å². The molecule has 2 aromatic heterocycles. The van der Waals surface area contributed by atoms with Crippen molar-refractivity contribution in [3.8, 4) is 11.5 Å². The molecule has 63 heavy (non-hydrogen) atoms. The number of sulfonamides is 1. The maximum Gasteiger partial charge on any atom is 0.293 e. The normalized spacial score (nSPS) is 20.8. The number of rotatable bonds is 13. The molecule has 2 aliphatic carbocycles. The Morgan fingerprint density at radius 2 is 1.81 bits per heavy atom. The van der Waals surface area contributed by atoms with Crippen LogP contribution in [0.2, 0.25) is 5.02 Å². The zero-order valence-electron chi connectivity index (χ0n) is 35.1. The van der Waals surface area contributed by atoms with Crippen molar-refractivity contribution in [1.29, 1.82) is 0 Å². The van der Waals surface area contributed by atoms with Gasteiger partial charge in [-0.25, -0.2) is 18.1 Å². The molecule has 1 amide bonds. The number of benzene rings is 3. The second-order valence-electron chi connectivity index (χ2n) is 18.1. The molecule has 14 nitrogen and oxygen atoms in total. The van der Waals surface area contributed by atoms with Crippen molar-refractivity contribution in [3.05, 3.63) is 111 Å². The lowest BCUT2D eigenvalue weighted by Gasteiger charge is -2.56. The highest BCUT2D eigenvalue weighted by atomic mass is 35.5. The Hall–Kier alpha value is -5.22. The Morgan fingerprint density at radius 1 is 1.00 bits per heavy atom. The summed E-state index contributed by atoms with van der Waals surface area (Å²) in [6.07, 6.45) is 14.3. The van der Waals surface area contributed by atoms with E-state index in [0.717, 1.165) is 67.5 Å². The number of carbonyl (C=O) groups excluding carboxylic acids is 1. The van der Waals surface area contributed by atoms with Crippen LogP contribution in [-0.2, 0) is 14.8 Å². The molecule has 1 atom stereocenters. The van der Waals surface area contributed by atoms with Crippen molar-refractivity contribution in [3.63, 3.8) is 0 Å². The summed E-state index contributed by atoms with van der Waals surface area (Å²) in [5.41, 5.74) is 4.45. The van der Waals surface area contributed by atoms with E-state index in [1.54, 1.807) is 30.6 Å². The summed E-state index contributed by atoms with van der Waals surface area (Å²) in [6, 6.07) is 19.9. The number of amides is 1. The lowest BCUT2D eigenvalue weighted by atomic mass is 9.59. The lowest BCUT2D eigenvalue weighted by molar-refractivity contribution is -0.384. The van der Waals surface area contributed by atoms with Crippen molar-refractivity contribution < 1.29 is 27.6 Å². The molecule has 0 bridgehead atoms. The Balaban J connectivity index is 0.841. The molecule has 330 valence electrons. The van der Waals surface area contributed by atoms with Gasteiger partial charge in [0.1, 0.15) is 22.8 Å². The van der Waals surface area contributed by atoms with Gasteiger partial charge < -0.3 is 24.7 Å². The molecular weight excluding hydrogens is 842 g/mol. The van der Waals surface area contributed by atoms with E-state index in [-0.39, 0.29) is 22.9 Å². The fourth-order valence-electron chi connectivity index (χ4n) is 10.5. The predicted octanol–water partition coefficient (Wildman–Crippen LogP) is 9.34. The van der Waals surface area contributed by atoms with E-state index in [4.69, 9.17) is 21.1 Å². The minimum atomic E-state index is -4.54. The molecule has 0 radical (unpaired) electrons. The van der Waals surface area contributed by atoms with Crippen LogP contribution in [0.5, 0.6) is 11.5 Å². The minimum Gasteiger partial charge on any atom is -0.455 e. The first kappa shape index (κ1) is 41.8. The number of likely N-dealkylation sites (tertiary alicyclic amines) is 1. The number of pyridine rings is 1. The minimum absolute atomic E-state index is 0.0132. The Kier molecular flexibility index (Phi) is 11.3. The Bertz CT molecular complexity index is 2650. The molecule has 5 heterocycles. The van der Waals surface area contributed by atoms with Gasteiger partial charge >= 0.3 is 0 Å². The highest BCUT2D eigenvalue weighted by Gasteiger charge is 2.50. The molecule has 3 saturated heterocycles. The number of nitrogens with one attached hydrogen (secondary N) is 3. The average molecular weight is 894 g/mol. The average Bonchev–Trinajstić information content (AvgIpc) is 3.79. The van der Waals surface area contributed by atoms with Gasteiger partial charge in [-0.1, -0.05) is 23.7 Å². The highest BCUT2D eigenvalue weighted by molar-refractivity contribution is 7.90. The second kappa shape index (κ2) is 17.1. The van der Waals surface area contributed by atoms with Crippen LogP contribution in [0.1, 0.15) is 97.7 Å². The van der Waals surface area contributed by atoms with E-state index in [1.807, 2.05) is 12.1 Å². The number of nitrogens with zero attached hydrogens (tertiary/aromatic N) is 4. The van der Waals surface area contributed by atoms with Gasteiger partial charge in [0, 0.05) is 79.4 Å². The van der Waals surface area contributed by atoms with Crippen LogP contribution in [0.3, 0.4) is 0 Å². The molecule has 16 heteroatoms. The number of halogens is 1. The van der Waals surface area contributed by atoms with Crippen molar-refractivity contribution in [2.75, 3.05) is 49.6 Å². The van der Waals surface area contributed by atoms with Crippen LogP contribution in [0, 0.1) is 21.4 Å². The fourth-order valence-corrected chi connectivity index (χ4v) is 11.9. The summed E-state index contributed by atoms with van der Waals surface area (Å²) < 4.78 is 41.3. The first-order valence-corrected chi connectivity index (χ1v) is 24.1. The number of carbonyl (C=O) groups is 1. The van der Waals surface area contributed by atoms with Gasteiger partial charge in [0.2, 0.25) is 0 Å². The summed E-state index contributed by atoms with van der Waals surface area (Å²) in [5.74, 6) is 0.486. The number of H-pyrrole nitrogens is 1. The van der Waals surface area contributed by atoms with Gasteiger partial charge in [-0.3, -0.25) is 19.8 Å². The van der Waals surface area contributed by atoms with E-state index in [0.29, 0.717) is 54.6 Å². The number of piperidine rings is 1. The van der Waals surface area contributed by atoms with E-state index < -0.39 is 31.4 Å². The zero-order valence-corrected chi connectivity index (χ0v) is 36.6. The number of nitro groups is 1. The first-order chi connectivity index (χ1) is 30.5. The Labute approximate surface area is 371 Å². The molecule has 3 N–H and O–H groups in total. The molecule has 5 aromatic rings. The van der Waals surface area contributed by atoms with Crippen molar-refractivity contribution in [1.82, 2.24) is 19.6 Å². The molecule has 2 saturated carbocycles. The van der Waals surface area contributed by atoms with Gasteiger partial charge in [0.15, 0.2) is 0 Å². The smallest absolute Gasteiger partial charge is 0.293 e. The number of hydrogen-bond donors (Lipinski definition) is 3. The summed E-state index contributed by atoms with van der Waals surface area (Å²) in [6.45, 7) is 4.56. The third-order valence-electron chi connectivity index (χ3n) is 14.2. The van der Waals surface area contributed by atoms with E-state index in [9.17, 15) is 23.3 Å². The zero-order chi connectivity index (χ0) is 43.3. The van der Waals surface area contributed by atoms with Crippen LogP contribution >= 0.6 is 11.6 Å². The Morgan fingerprint density at radius 3 is 2.59 bits per heavy atom. The van der Waals surface area contributed by atoms with Crippen molar-refractivity contribution >= 4 is 55.6 Å². The largest absolute Gasteiger partial charge is 0.455 e. The van der Waals surface area contributed by atoms with Crippen LogP contribution in [0.4, 0.5) is 17.1 Å². The lowest BCUT2D eigenvalue weighted by Crippen LogP contribution is -2.54. The monoisotopic (exact) mass is 893 g/mol. The molecule has 5 fully saturated rings. The summed E-state index contributed by atoms with van der Waals surface area (Å²) in [4.78, 5) is 37.6. The molecule has 5 aliphatic rings. The van der Waals surface area contributed by atoms with Crippen LogP contribution in [0.15, 0.2) is 84.0 Å². The number of anilines is 2. The van der Waals surface area contributed by atoms with Gasteiger partial charge in [0.05, 0.1) is 21.6 Å². The van der Waals surface area contributed by atoms with E-state index >= 15 is 0 Å². The van der Waals surface area contributed by atoms with E-state index in [2.05, 4.69) is 48.0 Å². The molecule has 0 unspecified atom stereocenters. The summed E-state index contributed by atoms with van der Waals surface area (Å²) in [5, 5.41) is 16.9. The van der Waals surface area contributed by atoms with Crippen molar-refractivity contribution in [2.45, 2.75) is 87.1 Å². The van der Waals surface area contributed by atoms with Crippen LogP contribution in [-0.4, -0.2) is 79.6 Å². The predicted molar refractivity (Wildman–Crippen MR) is 241 cm³/mol. The summed E-state index contributed by atoms with van der Waals surface area (Å²) in [7, 11) is -4.54. The van der Waals surface area contributed by atoms with Gasteiger partial charge in [-0.2, -0.15) is 0 Å².